The summed E-state index contributed by atoms with van der Waals surface area (Å²) in [4.78, 5) is 14.6. The molecule has 7 heteroatoms. The number of rotatable bonds is 5. The summed E-state index contributed by atoms with van der Waals surface area (Å²) in [5, 5.41) is 2.91. The first-order chi connectivity index (χ1) is 11.2. The average molecular weight is 353 g/mol. The summed E-state index contributed by atoms with van der Waals surface area (Å²) >= 11 is 0. The Bertz CT molecular complexity index is 680. The van der Waals surface area contributed by atoms with Gasteiger partial charge in [-0.1, -0.05) is 19.9 Å². The lowest BCUT2D eigenvalue weighted by Crippen LogP contribution is -2.47. The summed E-state index contributed by atoms with van der Waals surface area (Å²) in [7, 11) is -1.58. The largest absolute Gasteiger partial charge is 0.349 e. The topological polar surface area (TPSA) is 69.7 Å². The lowest BCUT2D eigenvalue weighted by Gasteiger charge is -2.31. The molecule has 0 spiro atoms. The van der Waals surface area contributed by atoms with Gasteiger partial charge in [-0.15, -0.1) is 0 Å². The summed E-state index contributed by atoms with van der Waals surface area (Å²) in [6.45, 7) is 8.36. The molecule has 1 aromatic carbocycles. The Morgan fingerprint density at radius 3 is 2.33 bits per heavy atom. The van der Waals surface area contributed by atoms with E-state index in [0.717, 1.165) is 0 Å². The van der Waals surface area contributed by atoms with Gasteiger partial charge in [-0.2, -0.15) is 4.31 Å². The number of sulfonamides is 1. The van der Waals surface area contributed by atoms with Crippen molar-refractivity contribution >= 4 is 15.9 Å². The lowest BCUT2D eigenvalue weighted by atomic mass is 10.1. The number of hydrogen-bond acceptors (Lipinski definition) is 4. The van der Waals surface area contributed by atoms with Crippen molar-refractivity contribution in [1.29, 1.82) is 0 Å². The second kappa shape index (κ2) is 7.63. The van der Waals surface area contributed by atoms with Gasteiger partial charge in [0, 0.05) is 37.8 Å². The SMILES string of the molecule is CC(C)[C@H](C)NC(=O)c1cccc(S(=O)(=O)N2CCN(C)CC2)c1. The van der Waals surface area contributed by atoms with Crippen molar-refractivity contribution < 1.29 is 13.2 Å². The molecule has 0 bridgehead atoms. The van der Waals surface area contributed by atoms with Crippen LogP contribution in [0.1, 0.15) is 31.1 Å². The molecule has 0 radical (unpaired) electrons. The molecular weight excluding hydrogens is 326 g/mol. The number of carbonyl (C=O) groups is 1. The molecule has 2 rings (SSSR count). The molecule has 1 amide bonds. The average Bonchev–Trinajstić information content (AvgIpc) is 2.55. The van der Waals surface area contributed by atoms with E-state index in [1.807, 2.05) is 27.8 Å². The maximum atomic E-state index is 12.8. The number of carbonyl (C=O) groups excluding carboxylic acids is 1. The summed E-state index contributed by atoms with van der Waals surface area (Å²) in [5.41, 5.74) is 0.373. The molecule has 134 valence electrons. The van der Waals surface area contributed by atoms with E-state index in [1.165, 1.54) is 10.4 Å². The van der Waals surface area contributed by atoms with E-state index in [4.69, 9.17) is 0 Å². The molecule has 1 fully saturated rings. The highest BCUT2D eigenvalue weighted by Crippen LogP contribution is 2.19. The predicted molar refractivity (Wildman–Crippen MR) is 94.5 cm³/mol. The molecular formula is C17H27N3O3S. The van der Waals surface area contributed by atoms with Crippen molar-refractivity contribution in [3.8, 4) is 0 Å². The maximum absolute atomic E-state index is 12.8. The van der Waals surface area contributed by atoms with Gasteiger partial charge in [0.25, 0.3) is 5.91 Å². The highest BCUT2D eigenvalue weighted by molar-refractivity contribution is 7.89. The van der Waals surface area contributed by atoms with Crippen LogP contribution in [0, 0.1) is 5.92 Å². The predicted octanol–water partition coefficient (Wildman–Crippen LogP) is 1.40. The van der Waals surface area contributed by atoms with Crippen LogP contribution in [0.15, 0.2) is 29.2 Å². The second-order valence-corrected chi connectivity index (χ2v) is 8.68. The minimum absolute atomic E-state index is 0.0235. The van der Waals surface area contributed by atoms with Gasteiger partial charge in [-0.05, 0) is 38.1 Å². The van der Waals surface area contributed by atoms with Gasteiger partial charge >= 0.3 is 0 Å². The fraction of sp³-hybridized carbons (Fsp3) is 0.588. The van der Waals surface area contributed by atoms with Gasteiger partial charge in [-0.3, -0.25) is 4.79 Å². The Morgan fingerprint density at radius 2 is 1.75 bits per heavy atom. The van der Waals surface area contributed by atoms with Gasteiger partial charge in [0.2, 0.25) is 10.0 Å². The summed E-state index contributed by atoms with van der Waals surface area (Å²) in [6, 6.07) is 6.31. The van der Waals surface area contributed by atoms with E-state index >= 15 is 0 Å². The Kier molecular flexibility index (Phi) is 6.01. The number of nitrogens with zero attached hydrogens (tertiary/aromatic N) is 2. The van der Waals surface area contributed by atoms with Gasteiger partial charge in [0.15, 0.2) is 0 Å². The maximum Gasteiger partial charge on any atom is 0.251 e. The van der Waals surface area contributed by atoms with Crippen LogP contribution in [0.25, 0.3) is 0 Å². The lowest BCUT2D eigenvalue weighted by molar-refractivity contribution is 0.0930. The monoisotopic (exact) mass is 353 g/mol. The molecule has 1 atom stereocenters. The Morgan fingerprint density at radius 1 is 1.12 bits per heavy atom. The third kappa shape index (κ3) is 4.34. The molecule has 1 N–H and O–H groups in total. The molecule has 1 aromatic rings. The zero-order chi connectivity index (χ0) is 17.9. The first-order valence-corrected chi connectivity index (χ1v) is 9.75. The Hall–Kier alpha value is -1.44. The number of likely N-dealkylation sites (N-methyl/N-ethyl adjacent to an activating group) is 1. The minimum atomic E-state index is -3.56. The molecule has 1 heterocycles. The van der Waals surface area contributed by atoms with Crippen molar-refractivity contribution in [1.82, 2.24) is 14.5 Å². The zero-order valence-corrected chi connectivity index (χ0v) is 15.6. The fourth-order valence-electron chi connectivity index (χ4n) is 2.43. The number of hydrogen-bond donors (Lipinski definition) is 1. The van der Waals surface area contributed by atoms with Crippen LogP contribution in [0.4, 0.5) is 0 Å². The van der Waals surface area contributed by atoms with Crippen molar-refractivity contribution in [2.24, 2.45) is 5.92 Å². The first kappa shape index (κ1) is 18.9. The molecule has 1 aliphatic heterocycles. The van der Waals surface area contributed by atoms with E-state index in [2.05, 4.69) is 10.2 Å². The third-order valence-corrected chi connectivity index (χ3v) is 6.45. The summed E-state index contributed by atoms with van der Waals surface area (Å²) in [5.74, 6) is 0.0674. The third-order valence-electron chi connectivity index (χ3n) is 4.56. The highest BCUT2D eigenvalue weighted by atomic mass is 32.2. The second-order valence-electron chi connectivity index (χ2n) is 6.74. The molecule has 0 aromatic heterocycles. The summed E-state index contributed by atoms with van der Waals surface area (Å²) in [6.07, 6.45) is 0. The number of benzene rings is 1. The van der Waals surface area contributed by atoms with E-state index < -0.39 is 10.0 Å². The number of piperazine rings is 1. The highest BCUT2D eigenvalue weighted by Gasteiger charge is 2.28. The van der Waals surface area contributed by atoms with E-state index in [0.29, 0.717) is 37.7 Å². The van der Waals surface area contributed by atoms with Crippen LogP contribution in [-0.2, 0) is 10.0 Å². The van der Waals surface area contributed by atoms with Crippen LogP contribution in [0.5, 0.6) is 0 Å². The number of amides is 1. The molecule has 24 heavy (non-hydrogen) atoms. The molecule has 0 unspecified atom stereocenters. The van der Waals surface area contributed by atoms with Crippen LogP contribution in [0.2, 0.25) is 0 Å². The van der Waals surface area contributed by atoms with E-state index in [1.54, 1.807) is 18.2 Å². The zero-order valence-electron chi connectivity index (χ0n) is 14.8. The smallest absolute Gasteiger partial charge is 0.251 e. The molecule has 0 saturated carbocycles. The fourth-order valence-corrected chi connectivity index (χ4v) is 3.90. The van der Waals surface area contributed by atoms with Crippen LogP contribution in [-0.4, -0.2) is 62.8 Å². The van der Waals surface area contributed by atoms with Crippen LogP contribution >= 0.6 is 0 Å². The van der Waals surface area contributed by atoms with Gasteiger partial charge < -0.3 is 10.2 Å². The van der Waals surface area contributed by atoms with Crippen molar-refractivity contribution in [3.05, 3.63) is 29.8 Å². The Labute approximate surface area is 144 Å². The van der Waals surface area contributed by atoms with Gasteiger partial charge in [-0.25, -0.2) is 8.42 Å². The van der Waals surface area contributed by atoms with E-state index in [-0.39, 0.29) is 16.8 Å². The van der Waals surface area contributed by atoms with Gasteiger partial charge in [0.1, 0.15) is 0 Å². The van der Waals surface area contributed by atoms with Crippen molar-refractivity contribution in [2.45, 2.75) is 31.7 Å². The standard InChI is InChI=1S/C17H27N3O3S/c1-13(2)14(3)18-17(21)15-6-5-7-16(12-15)24(22,23)20-10-8-19(4)9-11-20/h5-7,12-14H,8-11H2,1-4H3,(H,18,21)/t14-/m0/s1. The van der Waals surface area contributed by atoms with Crippen molar-refractivity contribution in [3.63, 3.8) is 0 Å². The summed E-state index contributed by atoms with van der Waals surface area (Å²) < 4.78 is 27.0. The van der Waals surface area contributed by atoms with E-state index in [9.17, 15) is 13.2 Å². The molecule has 6 nitrogen and oxygen atoms in total. The van der Waals surface area contributed by atoms with Crippen LogP contribution < -0.4 is 5.32 Å². The first-order valence-electron chi connectivity index (χ1n) is 8.31. The number of nitrogens with one attached hydrogen (secondary N) is 1. The Balaban J connectivity index is 2.19. The normalized spacial score (nSPS) is 18.5. The molecule has 1 saturated heterocycles. The molecule has 0 aliphatic carbocycles. The van der Waals surface area contributed by atoms with Crippen molar-refractivity contribution in [2.75, 3.05) is 33.2 Å². The van der Waals surface area contributed by atoms with Crippen LogP contribution in [0.3, 0.4) is 0 Å². The van der Waals surface area contributed by atoms with Gasteiger partial charge in [0.05, 0.1) is 4.90 Å². The minimum Gasteiger partial charge on any atom is -0.349 e. The quantitative estimate of drug-likeness (QED) is 0.869. The molecule has 1 aliphatic rings.